The highest BCUT2D eigenvalue weighted by molar-refractivity contribution is 6.23. The summed E-state index contributed by atoms with van der Waals surface area (Å²) < 4.78 is 29.9. The summed E-state index contributed by atoms with van der Waals surface area (Å²) in [6.45, 7) is 6.54. The van der Waals surface area contributed by atoms with Crippen molar-refractivity contribution in [2.24, 2.45) is 0 Å². The lowest BCUT2D eigenvalue weighted by Gasteiger charge is -2.37. The lowest BCUT2D eigenvalue weighted by atomic mass is 9.95. The van der Waals surface area contributed by atoms with Crippen LogP contribution in [0.5, 0.6) is 11.8 Å². The Morgan fingerprint density at radius 2 is 1.69 bits per heavy atom. The van der Waals surface area contributed by atoms with E-state index < -0.39 is 41.6 Å². The Morgan fingerprint density at radius 1 is 0.887 bits per heavy atom. The zero-order chi connectivity index (χ0) is 48.7. The highest BCUT2D eigenvalue weighted by Crippen LogP contribution is 2.44. The van der Waals surface area contributed by atoms with Crippen LogP contribution in [0.3, 0.4) is 0 Å². The summed E-state index contributed by atoms with van der Waals surface area (Å²) in [6, 6.07) is 13.8. The number of carbonyl (C=O) groups is 5. The van der Waals surface area contributed by atoms with Crippen LogP contribution in [0, 0.1) is 5.82 Å². The molecule has 2 bridgehead atoms. The number of fused-ring (bicyclic) bond motifs is 6. The van der Waals surface area contributed by atoms with Gasteiger partial charge in [0, 0.05) is 81.3 Å². The van der Waals surface area contributed by atoms with Gasteiger partial charge in [-0.15, -0.1) is 0 Å². The minimum absolute atomic E-state index is 0.0154. The van der Waals surface area contributed by atoms with Gasteiger partial charge in [0.05, 0.1) is 22.1 Å². The highest BCUT2D eigenvalue weighted by Gasteiger charge is 2.51. The fraction of sp³-hybridized carbons (Fsp3) is 0.462. The second-order valence-electron chi connectivity index (χ2n) is 20.1. The smallest absolute Gasteiger partial charge is 0.409 e. The summed E-state index contributed by atoms with van der Waals surface area (Å²) in [4.78, 5) is 88.2. The number of benzene rings is 3. The molecule has 6 saturated heterocycles. The maximum absolute atomic E-state index is 17.3. The van der Waals surface area contributed by atoms with Crippen LogP contribution in [0.25, 0.3) is 32.9 Å². The van der Waals surface area contributed by atoms with Crippen molar-refractivity contribution < 1.29 is 42.9 Å². The number of aromatic nitrogens is 3. The fourth-order valence-electron chi connectivity index (χ4n) is 12.5. The first-order chi connectivity index (χ1) is 34.4. The van der Waals surface area contributed by atoms with E-state index in [1.165, 1.54) is 0 Å². The SMILES string of the molecule is CCc1cccc2cc(O)cc(-c3ncc4c(N5CC6CCC(C5)N6)nc(OCC56CCCN5[C@@H](COC(=O)N5CCN(c7ccc8c(c7)C(=O)N(C7CCC(=O)NC7=O)C8=O)CC5)CC6)nc4c3F)c12. The van der Waals surface area contributed by atoms with Gasteiger partial charge in [-0.05, 0) is 105 Å². The van der Waals surface area contributed by atoms with Gasteiger partial charge in [-0.25, -0.2) is 9.18 Å². The number of hydrogen-bond donors (Lipinski definition) is 3. The number of pyridine rings is 1. The van der Waals surface area contributed by atoms with Crippen molar-refractivity contribution in [2.45, 2.75) is 94.4 Å². The largest absolute Gasteiger partial charge is 0.508 e. The number of nitrogens with zero attached hydrogens (tertiary/aromatic N) is 8. The minimum Gasteiger partial charge on any atom is -0.508 e. The third kappa shape index (κ3) is 7.84. The van der Waals surface area contributed by atoms with Gasteiger partial charge in [-0.3, -0.25) is 39.3 Å². The number of nitrogens with one attached hydrogen (secondary N) is 2. The standard InChI is InChI=1S/C52H55FN10O8/c1-2-29-5-3-6-30-21-35(64)23-38(42(29)30)44-43(53)45-39(24-54-44)46(61-25-31-7-8-32(26-61)55-31)58-50(57-45)71-28-52-14-4-16-62(52)34(13-15-52)27-70-51(69)60-19-17-59(18-20-60)33-9-10-36-37(22-33)49(68)63(48(36)67)40-11-12-41(65)56-47(40)66/h3,5-6,9-10,21-24,31-32,34,40,55,64H,2,4,7-8,11-20,25-28H2,1H3,(H,56,65,66)/t31?,32?,34-,40?,52?/m1/s1. The monoisotopic (exact) mass is 966 g/mol. The van der Waals surface area contributed by atoms with Crippen LogP contribution in [0.1, 0.15) is 84.6 Å². The van der Waals surface area contributed by atoms with Gasteiger partial charge in [-0.2, -0.15) is 9.97 Å². The van der Waals surface area contributed by atoms with Crippen LogP contribution >= 0.6 is 0 Å². The number of piperidine rings is 1. The van der Waals surface area contributed by atoms with Crippen molar-refractivity contribution in [1.29, 1.82) is 0 Å². The molecule has 5 atom stereocenters. The number of halogens is 1. The van der Waals surface area contributed by atoms with Crippen LogP contribution in [-0.2, 0) is 20.7 Å². The summed E-state index contributed by atoms with van der Waals surface area (Å²) in [6.07, 6.45) is 7.67. The number of aryl methyl sites for hydroxylation is 1. The Bertz CT molecular complexity index is 3040. The molecule has 2 aromatic heterocycles. The van der Waals surface area contributed by atoms with E-state index in [9.17, 15) is 29.1 Å². The number of aromatic hydroxyl groups is 1. The lowest BCUT2D eigenvalue weighted by Crippen LogP contribution is -2.54. The molecule has 71 heavy (non-hydrogen) atoms. The zero-order valence-electron chi connectivity index (χ0n) is 39.5. The first-order valence-electron chi connectivity index (χ1n) is 25.0. The molecule has 0 saturated carbocycles. The second kappa shape index (κ2) is 17.7. The van der Waals surface area contributed by atoms with E-state index in [1.807, 2.05) is 30.0 Å². The minimum atomic E-state index is -1.04. The van der Waals surface area contributed by atoms with E-state index in [4.69, 9.17) is 24.4 Å². The molecular weight excluding hydrogens is 912 g/mol. The Labute approximate surface area is 408 Å². The molecule has 3 N–H and O–H groups in total. The number of amides is 5. The Balaban J connectivity index is 0.720. The molecule has 0 spiro atoms. The Kier molecular flexibility index (Phi) is 11.3. The molecule has 5 amide bonds. The molecule has 19 heteroatoms. The fourth-order valence-corrected chi connectivity index (χ4v) is 12.5. The molecule has 6 fully saturated rings. The van der Waals surface area contributed by atoms with Crippen LogP contribution in [0.2, 0.25) is 0 Å². The predicted molar refractivity (Wildman–Crippen MR) is 259 cm³/mol. The summed E-state index contributed by atoms with van der Waals surface area (Å²) in [5.74, 6) is -2.20. The van der Waals surface area contributed by atoms with Gasteiger partial charge in [0.25, 0.3) is 11.8 Å². The van der Waals surface area contributed by atoms with E-state index in [0.29, 0.717) is 74.5 Å². The molecule has 0 radical (unpaired) electrons. The summed E-state index contributed by atoms with van der Waals surface area (Å²) in [5.41, 5.74) is 2.54. The number of anilines is 2. The molecule has 3 aromatic carbocycles. The number of hydrogen-bond acceptors (Lipinski definition) is 15. The van der Waals surface area contributed by atoms with Crippen molar-refractivity contribution in [2.75, 3.05) is 68.8 Å². The number of piperazine rings is 2. The molecule has 18 nitrogen and oxygen atoms in total. The average Bonchev–Trinajstić information content (AvgIpc) is 4.12. The first-order valence-corrected chi connectivity index (χ1v) is 25.0. The normalized spacial score (nSPS) is 25.4. The lowest BCUT2D eigenvalue weighted by molar-refractivity contribution is -0.136. The zero-order valence-corrected chi connectivity index (χ0v) is 39.5. The molecule has 7 aliphatic rings. The van der Waals surface area contributed by atoms with Gasteiger partial charge in [0.1, 0.15) is 42.0 Å². The van der Waals surface area contributed by atoms with Gasteiger partial charge in [0.15, 0.2) is 5.82 Å². The molecule has 5 aromatic rings. The third-order valence-electron chi connectivity index (χ3n) is 16.1. The third-order valence-corrected chi connectivity index (χ3v) is 16.1. The van der Waals surface area contributed by atoms with Crippen molar-refractivity contribution in [3.8, 4) is 23.0 Å². The van der Waals surface area contributed by atoms with E-state index in [0.717, 1.165) is 72.0 Å². The van der Waals surface area contributed by atoms with Crippen LogP contribution in [-0.4, -0.2) is 153 Å². The Morgan fingerprint density at radius 3 is 2.48 bits per heavy atom. The van der Waals surface area contributed by atoms with E-state index in [-0.39, 0.29) is 71.7 Å². The van der Waals surface area contributed by atoms with Crippen molar-refractivity contribution >= 4 is 62.9 Å². The van der Waals surface area contributed by atoms with Crippen LogP contribution in [0.15, 0.2) is 54.7 Å². The quantitative estimate of drug-likeness (QED) is 0.159. The maximum Gasteiger partial charge on any atom is 0.409 e. The van der Waals surface area contributed by atoms with E-state index in [1.54, 1.807) is 41.4 Å². The molecule has 0 aliphatic carbocycles. The summed E-state index contributed by atoms with van der Waals surface area (Å²) in [7, 11) is 0. The molecule has 368 valence electrons. The highest BCUT2D eigenvalue weighted by atomic mass is 19.1. The molecule has 12 rings (SSSR count). The number of phenolic OH excluding ortho intramolecular Hbond substituents is 1. The van der Waals surface area contributed by atoms with Gasteiger partial charge in [0.2, 0.25) is 11.8 Å². The average molecular weight is 967 g/mol. The number of phenols is 1. The second-order valence-corrected chi connectivity index (χ2v) is 20.1. The van der Waals surface area contributed by atoms with Crippen molar-refractivity contribution in [3.63, 3.8) is 0 Å². The van der Waals surface area contributed by atoms with Crippen LogP contribution in [0.4, 0.5) is 20.7 Å². The van der Waals surface area contributed by atoms with E-state index >= 15 is 4.39 Å². The first kappa shape index (κ1) is 45.2. The Hall–Kier alpha value is -6.99. The van der Waals surface area contributed by atoms with Gasteiger partial charge < -0.3 is 34.6 Å². The number of carbonyl (C=O) groups excluding carboxylic acids is 5. The molecule has 7 aliphatic heterocycles. The molecule has 9 heterocycles. The summed E-state index contributed by atoms with van der Waals surface area (Å²) >= 11 is 0. The van der Waals surface area contributed by atoms with Crippen molar-refractivity contribution in [1.82, 2.24) is 40.3 Å². The molecular formula is C52H55FN10O8. The van der Waals surface area contributed by atoms with Gasteiger partial charge >= 0.3 is 12.1 Å². The van der Waals surface area contributed by atoms with Crippen LogP contribution < -0.4 is 25.2 Å². The van der Waals surface area contributed by atoms with Crippen molar-refractivity contribution in [3.05, 3.63) is 77.2 Å². The predicted octanol–water partition coefficient (Wildman–Crippen LogP) is 4.93. The van der Waals surface area contributed by atoms with Gasteiger partial charge in [-0.1, -0.05) is 25.1 Å². The number of ether oxygens (including phenoxy) is 2. The molecule has 4 unspecified atom stereocenters. The topological polar surface area (TPSA) is 203 Å². The number of imide groups is 2. The summed E-state index contributed by atoms with van der Waals surface area (Å²) in [5, 5.41) is 18.8. The number of rotatable bonds is 10. The maximum atomic E-state index is 17.3. The van der Waals surface area contributed by atoms with E-state index in [2.05, 4.69) is 20.4 Å².